The zero-order chi connectivity index (χ0) is 16.6. The number of hydrogen-bond donors (Lipinski definition) is 1. The van der Waals surface area contributed by atoms with Gasteiger partial charge in [0, 0.05) is 10.9 Å². The molecule has 3 rings (SSSR count). The van der Waals surface area contributed by atoms with Crippen molar-refractivity contribution < 1.29 is 0 Å². The summed E-state index contributed by atoms with van der Waals surface area (Å²) in [6, 6.07) is 14.2. The van der Waals surface area contributed by atoms with Crippen LogP contribution < -0.4 is 5.56 Å². The molecule has 2 aromatic carbocycles. The molecule has 0 amide bonds. The Morgan fingerprint density at radius 3 is 2.26 bits per heavy atom. The molecule has 0 fully saturated rings. The van der Waals surface area contributed by atoms with Gasteiger partial charge in [-0.2, -0.15) is 5.10 Å². The topological polar surface area (TPSA) is 45.8 Å². The van der Waals surface area contributed by atoms with E-state index in [1.165, 1.54) is 11.1 Å². The van der Waals surface area contributed by atoms with Gasteiger partial charge in [0.05, 0.1) is 11.1 Å². The van der Waals surface area contributed by atoms with Crippen molar-refractivity contribution >= 4 is 10.8 Å². The maximum Gasteiger partial charge on any atom is 0.272 e. The molecule has 0 aliphatic carbocycles. The van der Waals surface area contributed by atoms with Crippen molar-refractivity contribution in [2.45, 2.75) is 39.5 Å². The maximum atomic E-state index is 12.0. The van der Waals surface area contributed by atoms with Crippen LogP contribution in [0, 0.1) is 0 Å². The van der Waals surface area contributed by atoms with E-state index in [2.05, 4.69) is 56.1 Å². The summed E-state index contributed by atoms with van der Waals surface area (Å²) in [6.07, 6.45) is 0. The second kappa shape index (κ2) is 5.99. The first-order valence-corrected chi connectivity index (χ1v) is 8.10. The quantitative estimate of drug-likeness (QED) is 0.752. The third-order valence-electron chi connectivity index (χ3n) is 4.32. The normalized spacial score (nSPS) is 11.6. The number of fused-ring (bicyclic) bond motifs is 1. The summed E-state index contributed by atoms with van der Waals surface area (Å²) in [5.41, 5.74) is 4.39. The molecule has 0 saturated heterocycles. The minimum atomic E-state index is -0.144. The molecule has 1 N–H and O–H groups in total. The number of H-pyrrole nitrogens is 1. The number of hydrogen-bond acceptors (Lipinski definition) is 2. The summed E-state index contributed by atoms with van der Waals surface area (Å²) < 4.78 is 0. The van der Waals surface area contributed by atoms with Crippen molar-refractivity contribution in [2.75, 3.05) is 0 Å². The molecule has 1 heterocycles. The van der Waals surface area contributed by atoms with Crippen LogP contribution in [0.25, 0.3) is 22.0 Å². The van der Waals surface area contributed by atoms with Gasteiger partial charge in [0.15, 0.2) is 0 Å². The molecule has 3 aromatic rings. The van der Waals surface area contributed by atoms with Gasteiger partial charge in [-0.05, 0) is 29.0 Å². The Bertz CT molecular complexity index is 907. The lowest BCUT2D eigenvalue weighted by molar-refractivity contribution is 0.834. The smallest absolute Gasteiger partial charge is 0.267 e. The predicted molar refractivity (Wildman–Crippen MR) is 96.0 cm³/mol. The Hall–Kier alpha value is -2.42. The van der Waals surface area contributed by atoms with E-state index in [-0.39, 0.29) is 5.56 Å². The summed E-state index contributed by atoms with van der Waals surface area (Å²) in [4.78, 5) is 12.0. The van der Waals surface area contributed by atoms with Crippen molar-refractivity contribution in [3.63, 3.8) is 0 Å². The molecule has 0 aliphatic rings. The zero-order valence-corrected chi connectivity index (χ0v) is 14.1. The average Bonchev–Trinajstić information content (AvgIpc) is 2.55. The molecule has 1 aromatic heterocycles. The largest absolute Gasteiger partial charge is 0.272 e. The third kappa shape index (κ3) is 2.79. The molecule has 0 radical (unpaired) electrons. The minimum absolute atomic E-state index is 0.144. The van der Waals surface area contributed by atoms with Crippen molar-refractivity contribution in [1.29, 1.82) is 0 Å². The lowest BCUT2D eigenvalue weighted by Gasteiger charge is -2.17. The van der Waals surface area contributed by atoms with Gasteiger partial charge in [0.25, 0.3) is 5.56 Å². The minimum Gasteiger partial charge on any atom is -0.267 e. The molecule has 0 unspecified atom stereocenters. The Kier molecular flexibility index (Phi) is 4.03. The number of aromatic nitrogens is 2. The molecule has 3 heteroatoms. The Morgan fingerprint density at radius 2 is 1.61 bits per heavy atom. The second-order valence-electron chi connectivity index (χ2n) is 6.60. The van der Waals surface area contributed by atoms with E-state index < -0.39 is 0 Å². The lowest BCUT2D eigenvalue weighted by atomic mass is 9.89. The number of aromatic amines is 1. The Labute approximate surface area is 136 Å². The van der Waals surface area contributed by atoms with Crippen LogP contribution in [0.4, 0.5) is 0 Å². The molecule has 23 heavy (non-hydrogen) atoms. The third-order valence-corrected chi connectivity index (χ3v) is 4.32. The van der Waals surface area contributed by atoms with Crippen LogP contribution in [0.15, 0.2) is 47.3 Å². The van der Waals surface area contributed by atoms with E-state index >= 15 is 0 Å². The predicted octanol–water partition coefficient (Wildman–Crippen LogP) is 4.84. The summed E-state index contributed by atoms with van der Waals surface area (Å²) in [7, 11) is 0. The Morgan fingerprint density at radius 1 is 0.913 bits per heavy atom. The average molecular weight is 306 g/mol. The zero-order valence-electron chi connectivity index (χ0n) is 14.1. The van der Waals surface area contributed by atoms with Crippen molar-refractivity contribution in [2.24, 2.45) is 0 Å². The van der Waals surface area contributed by atoms with Gasteiger partial charge in [-0.3, -0.25) is 4.79 Å². The van der Waals surface area contributed by atoms with E-state index in [0.29, 0.717) is 17.2 Å². The van der Waals surface area contributed by atoms with Gasteiger partial charge in [-0.25, -0.2) is 5.10 Å². The van der Waals surface area contributed by atoms with E-state index in [1.807, 2.05) is 24.3 Å². The van der Waals surface area contributed by atoms with E-state index in [9.17, 15) is 4.79 Å². The van der Waals surface area contributed by atoms with Gasteiger partial charge in [0.2, 0.25) is 0 Å². The highest BCUT2D eigenvalue weighted by molar-refractivity contribution is 5.94. The monoisotopic (exact) mass is 306 g/mol. The fourth-order valence-electron chi connectivity index (χ4n) is 2.95. The molecule has 0 bridgehead atoms. The summed E-state index contributed by atoms with van der Waals surface area (Å²) in [5, 5.41) is 8.58. The van der Waals surface area contributed by atoms with Crippen LogP contribution in [-0.2, 0) is 0 Å². The van der Waals surface area contributed by atoms with Crippen molar-refractivity contribution in [3.05, 3.63) is 63.9 Å². The van der Waals surface area contributed by atoms with Crippen LogP contribution in [0.2, 0.25) is 0 Å². The maximum absolute atomic E-state index is 12.0. The van der Waals surface area contributed by atoms with Gasteiger partial charge in [-0.15, -0.1) is 0 Å². The van der Waals surface area contributed by atoms with Crippen LogP contribution in [0.5, 0.6) is 0 Å². The fraction of sp³-hybridized carbons (Fsp3) is 0.300. The van der Waals surface area contributed by atoms with Crippen LogP contribution in [0.3, 0.4) is 0 Å². The first kappa shape index (κ1) is 15.5. The van der Waals surface area contributed by atoms with Crippen LogP contribution in [-0.4, -0.2) is 10.2 Å². The Balaban J connectivity index is 2.31. The first-order chi connectivity index (χ1) is 11.0. The van der Waals surface area contributed by atoms with Crippen LogP contribution in [0.1, 0.15) is 50.7 Å². The molecule has 3 nitrogen and oxygen atoms in total. The van der Waals surface area contributed by atoms with E-state index in [4.69, 9.17) is 0 Å². The molecule has 118 valence electrons. The van der Waals surface area contributed by atoms with Crippen molar-refractivity contribution in [3.8, 4) is 11.3 Å². The highest BCUT2D eigenvalue weighted by Gasteiger charge is 2.15. The highest BCUT2D eigenvalue weighted by Crippen LogP contribution is 2.33. The van der Waals surface area contributed by atoms with Crippen LogP contribution >= 0.6 is 0 Å². The van der Waals surface area contributed by atoms with E-state index in [0.717, 1.165) is 16.6 Å². The fourth-order valence-corrected chi connectivity index (χ4v) is 2.95. The molecule has 0 spiro atoms. The van der Waals surface area contributed by atoms with Crippen molar-refractivity contribution in [1.82, 2.24) is 10.2 Å². The number of rotatable bonds is 3. The van der Waals surface area contributed by atoms with Gasteiger partial charge in [-0.1, -0.05) is 64.1 Å². The standard InChI is InChI=1S/C20H22N2O/c1-12(2)14-9-10-16(18(11-14)13(3)4)19-15-7-5-6-8-17(15)20(23)22-21-19/h5-13H,1-4H3,(H,22,23). The SMILES string of the molecule is CC(C)c1ccc(-c2n[nH]c(=O)c3ccccc23)c(C(C)C)c1. The number of nitrogens with one attached hydrogen (secondary N) is 1. The molecular formula is C20H22N2O. The van der Waals surface area contributed by atoms with Gasteiger partial charge in [0.1, 0.15) is 0 Å². The number of benzene rings is 2. The van der Waals surface area contributed by atoms with E-state index in [1.54, 1.807) is 0 Å². The summed E-state index contributed by atoms with van der Waals surface area (Å²) in [5.74, 6) is 0.873. The summed E-state index contributed by atoms with van der Waals surface area (Å²) >= 11 is 0. The second-order valence-corrected chi connectivity index (χ2v) is 6.60. The van der Waals surface area contributed by atoms with Gasteiger partial charge >= 0.3 is 0 Å². The molecule has 0 saturated carbocycles. The highest BCUT2D eigenvalue weighted by atomic mass is 16.1. The number of nitrogens with zero attached hydrogens (tertiary/aromatic N) is 1. The lowest BCUT2D eigenvalue weighted by Crippen LogP contribution is -2.10. The van der Waals surface area contributed by atoms with Gasteiger partial charge < -0.3 is 0 Å². The first-order valence-electron chi connectivity index (χ1n) is 8.10. The molecular weight excluding hydrogens is 284 g/mol. The molecule has 0 aliphatic heterocycles. The molecule has 0 atom stereocenters. The summed E-state index contributed by atoms with van der Waals surface area (Å²) in [6.45, 7) is 8.78.